The normalized spacial score (nSPS) is 17.1. The Bertz CT molecular complexity index is 399. The highest BCUT2D eigenvalue weighted by atomic mass is 32.1. The van der Waals surface area contributed by atoms with Crippen LogP contribution in [0, 0.1) is 0 Å². The van der Waals surface area contributed by atoms with Crippen molar-refractivity contribution < 1.29 is 4.74 Å². The molecule has 0 aliphatic heterocycles. The highest BCUT2D eigenvalue weighted by Crippen LogP contribution is 2.43. The highest BCUT2D eigenvalue weighted by molar-refractivity contribution is 7.11. The van der Waals surface area contributed by atoms with Gasteiger partial charge in [0, 0.05) is 30.0 Å². The topological polar surface area (TPSA) is 34.1 Å². The second kappa shape index (κ2) is 6.82. The predicted molar refractivity (Wildman–Crippen MR) is 80.7 cm³/mol. The molecular formula is C15H26N2OS. The second-order valence-corrected chi connectivity index (χ2v) is 6.64. The molecule has 1 heterocycles. The summed E-state index contributed by atoms with van der Waals surface area (Å²) in [4.78, 5) is 6.31. The van der Waals surface area contributed by atoms with Crippen LogP contribution in [-0.2, 0) is 11.3 Å². The molecule has 1 aromatic heterocycles. The highest BCUT2D eigenvalue weighted by Gasteiger charge is 2.30. The number of hydrogen-bond donors (Lipinski definition) is 1. The van der Waals surface area contributed by atoms with Gasteiger partial charge in [-0.15, -0.1) is 11.3 Å². The van der Waals surface area contributed by atoms with Crippen LogP contribution in [0.5, 0.6) is 0 Å². The van der Waals surface area contributed by atoms with E-state index in [9.17, 15) is 0 Å². The van der Waals surface area contributed by atoms with Crippen molar-refractivity contribution >= 4 is 11.3 Å². The van der Waals surface area contributed by atoms with E-state index in [1.54, 1.807) is 0 Å². The van der Waals surface area contributed by atoms with Crippen LogP contribution in [0.2, 0.25) is 0 Å². The number of ether oxygens (including phenoxy) is 1. The molecule has 19 heavy (non-hydrogen) atoms. The molecule has 1 aliphatic rings. The maximum Gasteiger partial charge on any atom is 0.122 e. The van der Waals surface area contributed by atoms with Gasteiger partial charge in [0.25, 0.3) is 0 Å². The third-order valence-electron chi connectivity index (χ3n) is 3.39. The molecule has 1 N–H and O–H groups in total. The quantitative estimate of drug-likeness (QED) is 0.782. The lowest BCUT2D eigenvalue weighted by molar-refractivity contribution is 0.0595. The first kappa shape index (κ1) is 14.9. The van der Waals surface area contributed by atoms with Gasteiger partial charge in [0.2, 0.25) is 0 Å². The molecule has 3 nitrogen and oxygen atoms in total. The van der Waals surface area contributed by atoms with E-state index < -0.39 is 0 Å². The monoisotopic (exact) mass is 282 g/mol. The zero-order valence-electron chi connectivity index (χ0n) is 12.5. The molecular weight excluding hydrogens is 256 g/mol. The minimum absolute atomic E-state index is 0.181. The first-order valence-corrected chi connectivity index (χ1v) is 8.31. The molecule has 0 bridgehead atoms. The SMILES string of the molecule is CCOC(CC)c1nc(C2CC2)c(CNC(C)C)s1. The third kappa shape index (κ3) is 4.01. The Morgan fingerprint density at radius 2 is 2.11 bits per heavy atom. The van der Waals surface area contributed by atoms with Crippen molar-refractivity contribution in [2.45, 2.75) is 71.6 Å². The second-order valence-electron chi connectivity index (χ2n) is 5.52. The van der Waals surface area contributed by atoms with Gasteiger partial charge in [-0.25, -0.2) is 4.98 Å². The summed E-state index contributed by atoms with van der Waals surface area (Å²) in [5.74, 6) is 0.716. The Morgan fingerprint density at radius 1 is 1.37 bits per heavy atom. The number of nitrogens with zero attached hydrogens (tertiary/aromatic N) is 1. The van der Waals surface area contributed by atoms with E-state index in [4.69, 9.17) is 9.72 Å². The van der Waals surface area contributed by atoms with Gasteiger partial charge in [0.1, 0.15) is 11.1 Å². The van der Waals surface area contributed by atoms with E-state index in [0.29, 0.717) is 12.0 Å². The fourth-order valence-electron chi connectivity index (χ4n) is 2.18. The van der Waals surface area contributed by atoms with Crippen molar-refractivity contribution in [2.24, 2.45) is 0 Å². The van der Waals surface area contributed by atoms with Crippen LogP contribution in [0.3, 0.4) is 0 Å². The summed E-state index contributed by atoms with van der Waals surface area (Å²) in [5.41, 5.74) is 1.34. The number of hydrogen-bond acceptors (Lipinski definition) is 4. The summed E-state index contributed by atoms with van der Waals surface area (Å²) in [6.07, 6.45) is 3.80. The number of aromatic nitrogens is 1. The van der Waals surface area contributed by atoms with Crippen LogP contribution >= 0.6 is 11.3 Å². The molecule has 1 aliphatic carbocycles. The molecule has 108 valence electrons. The van der Waals surface area contributed by atoms with Crippen LogP contribution in [0.4, 0.5) is 0 Å². The van der Waals surface area contributed by atoms with Gasteiger partial charge in [-0.3, -0.25) is 0 Å². The molecule has 1 fully saturated rings. The van der Waals surface area contributed by atoms with E-state index >= 15 is 0 Å². The third-order valence-corrected chi connectivity index (χ3v) is 4.56. The molecule has 0 saturated heterocycles. The molecule has 2 rings (SSSR count). The Hall–Kier alpha value is -0.450. The first-order chi connectivity index (χ1) is 9.15. The molecule has 0 spiro atoms. The Labute approximate surface area is 120 Å². The fourth-order valence-corrected chi connectivity index (χ4v) is 3.42. The lowest BCUT2D eigenvalue weighted by Crippen LogP contribution is -2.21. The molecule has 1 aromatic rings. The summed E-state index contributed by atoms with van der Waals surface area (Å²) >= 11 is 1.84. The molecule has 4 heteroatoms. The smallest absolute Gasteiger partial charge is 0.122 e. The number of rotatable bonds is 8. The van der Waals surface area contributed by atoms with Crippen molar-refractivity contribution in [3.8, 4) is 0 Å². The summed E-state index contributed by atoms with van der Waals surface area (Å²) in [6, 6.07) is 0.520. The Balaban J connectivity index is 2.14. The minimum atomic E-state index is 0.181. The van der Waals surface area contributed by atoms with E-state index in [1.807, 2.05) is 11.3 Å². The van der Waals surface area contributed by atoms with E-state index in [-0.39, 0.29) is 6.10 Å². The standard InChI is InChI=1S/C15H26N2OS/c1-5-12(18-6-2)15-17-14(11-7-8-11)13(19-15)9-16-10(3)4/h10-12,16H,5-9H2,1-4H3. The van der Waals surface area contributed by atoms with Crippen LogP contribution < -0.4 is 5.32 Å². The minimum Gasteiger partial charge on any atom is -0.371 e. The fraction of sp³-hybridized carbons (Fsp3) is 0.800. The molecule has 1 atom stereocenters. The lowest BCUT2D eigenvalue weighted by atomic mass is 10.2. The maximum absolute atomic E-state index is 5.80. The van der Waals surface area contributed by atoms with Gasteiger partial charge in [-0.05, 0) is 26.2 Å². The summed E-state index contributed by atoms with van der Waals surface area (Å²) in [6.45, 7) is 10.3. The lowest BCUT2D eigenvalue weighted by Gasteiger charge is -2.11. The van der Waals surface area contributed by atoms with Gasteiger partial charge in [0.15, 0.2) is 0 Å². The Morgan fingerprint density at radius 3 is 2.63 bits per heavy atom. The van der Waals surface area contributed by atoms with E-state index in [0.717, 1.165) is 19.6 Å². The maximum atomic E-state index is 5.80. The summed E-state index contributed by atoms with van der Waals surface area (Å²) in [5, 5.41) is 4.69. The van der Waals surface area contributed by atoms with Gasteiger partial charge >= 0.3 is 0 Å². The molecule has 0 amide bonds. The van der Waals surface area contributed by atoms with Crippen LogP contribution in [0.15, 0.2) is 0 Å². The largest absolute Gasteiger partial charge is 0.371 e. The van der Waals surface area contributed by atoms with Gasteiger partial charge in [-0.2, -0.15) is 0 Å². The Kier molecular flexibility index (Phi) is 5.37. The number of nitrogens with one attached hydrogen (secondary N) is 1. The zero-order chi connectivity index (χ0) is 13.8. The summed E-state index contributed by atoms with van der Waals surface area (Å²) < 4.78 is 5.80. The van der Waals surface area contributed by atoms with Crippen LogP contribution in [-0.4, -0.2) is 17.6 Å². The van der Waals surface area contributed by atoms with Crippen LogP contribution in [0.25, 0.3) is 0 Å². The number of thiazole rings is 1. The molecule has 0 aromatic carbocycles. The van der Waals surface area contributed by atoms with Crippen molar-refractivity contribution in [1.29, 1.82) is 0 Å². The van der Waals surface area contributed by atoms with Crippen molar-refractivity contribution in [3.63, 3.8) is 0 Å². The van der Waals surface area contributed by atoms with Crippen molar-refractivity contribution in [3.05, 3.63) is 15.6 Å². The molecule has 1 saturated carbocycles. The van der Waals surface area contributed by atoms with Gasteiger partial charge in [0.05, 0.1) is 5.69 Å². The van der Waals surface area contributed by atoms with Crippen molar-refractivity contribution in [2.75, 3.05) is 6.61 Å². The van der Waals surface area contributed by atoms with E-state index in [2.05, 4.69) is 33.0 Å². The van der Waals surface area contributed by atoms with Crippen molar-refractivity contribution in [1.82, 2.24) is 10.3 Å². The van der Waals surface area contributed by atoms with Gasteiger partial charge in [-0.1, -0.05) is 20.8 Å². The first-order valence-electron chi connectivity index (χ1n) is 7.50. The average molecular weight is 282 g/mol. The van der Waals surface area contributed by atoms with E-state index in [1.165, 1.54) is 28.4 Å². The van der Waals surface area contributed by atoms with Gasteiger partial charge < -0.3 is 10.1 Å². The molecule has 0 radical (unpaired) electrons. The zero-order valence-corrected chi connectivity index (χ0v) is 13.3. The summed E-state index contributed by atoms with van der Waals surface area (Å²) in [7, 11) is 0. The average Bonchev–Trinajstić information content (AvgIpc) is 3.14. The molecule has 1 unspecified atom stereocenters. The predicted octanol–water partition coefficient (Wildman–Crippen LogP) is 4.01. The van der Waals surface area contributed by atoms with Crippen LogP contribution in [0.1, 0.15) is 74.6 Å².